The van der Waals surface area contributed by atoms with E-state index in [0.29, 0.717) is 25.3 Å². The predicted molar refractivity (Wildman–Crippen MR) is 103 cm³/mol. The third-order valence-electron chi connectivity index (χ3n) is 4.91. The van der Waals surface area contributed by atoms with Crippen molar-refractivity contribution in [1.82, 2.24) is 14.9 Å². The van der Waals surface area contributed by atoms with Crippen molar-refractivity contribution in [3.63, 3.8) is 0 Å². The molecular weight excluding hydrogens is 342 g/mol. The van der Waals surface area contributed by atoms with E-state index in [2.05, 4.69) is 15.3 Å². The summed E-state index contributed by atoms with van der Waals surface area (Å²) in [6.45, 7) is 8.94. The molecule has 2 aromatic rings. The van der Waals surface area contributed by atoms with Crippen LogP contribution < -0.4 is 10.2 Å². The van der Waals surface area contributed by atoms with E-state index in [4.69, 9.17) is 0 Å². The number of aromatic nitrogens is 2. The van der Waals surface area contributed by atoms with Crippen molar-refractivity contribution in [3.8, 4) is 0 Å². The number of quaternary nitrogens is 1. The molecule has 0 unspecified atom stereocenters. The van der Waals surface area contributed by atoms with E-state index in [1.807, 2.05) is 39.0 Å². The molecule has 1 fully saturated rings. The average molecular weight is 368 g/mol. The number of nitrogens with one attached hydrogen (secondary N) is 2. The van der Waals surface area contributed by atoms with Gasteiger partial charge in [0.1, 0.15) is 5.69 Å². The van der Waals surface area contributed by atoms with Gasteiger partial charge in [0.05, 0.1) is 38.1 Å². The van der Waals surface area contributed by atoms with Crippen LogP contribution in [0.25, 0.3) is 0 Å². The van der Waals surface area contributed by atoms with Crippen LogP contribution in [0.5, 0.6) is 0 Å². The van der Waals surface area contributed by atoms with Gasteiger partial charge in [-0.05, 0) is 31.9 Å². The van der Waals surface area contributed by atoms with Gasteiger partial charge in [-0.25, -0.2) is 4.98 Å². The van der Waals surface area contributed by atoms with Crippen molar-refractivity contribution in [1.29, 1.82) is 0 Å². The fourth-order valence-electron chi connectivity index (χ4n) is 3.29. The van der Waals surface area contributed by atoms with E-state index in [1.54, 1.807) is 11.1 Å². The van der Waals surface area contributed by atoms with E-state index >= 15 is 0 Å². The van der Waals surface area contributed by atoms with Gasteiger partial charge in [0, 0.05) is 11.9 Å². The summed E-state index contributed by atoms with van der Waals surface area (Å²) in [7, 11) is 0. The van der Waals surface area contributed by atoms with E-state index in [1.165, 1.54) is 11.1 Å². The van der Waals surface area contributed by atoms with Crippen LogP contribution in [0.3, 0.4) is 0 Å². The second-order valence-electron chi connectivity index (χ2n) is 7.08. The van der Waals surface area contributed by atoms with Crippen LogP contribution in [0, 0.1) is 20.8 Å². The fraction of sp³-hybridized carbons (Fsp3) is 0.400. The summed E-state index contributed by atoms with van der Waals surface area (Å²) in [5.41, 5.74) is 4.18. The van der Waals surface area contributed by atoms with Crippen molar-refractivity contribution < 1.29 is 14.5 Å². The van der Waals surface area contributed by atoms with Gasteiger partial charge in [-0.3, -0.25) is 14.6 Å². The number of carbonyl (C=O) groups is 2. The van der Waals surface area contributed by atoms with Gasteiger partial charge in [-0.15, -0.1) is 0 Å². The van der Waals surface area contributed by atoms with Gasteiger partial charge in [-0.2, -0.15) is 0 Å². The Morgan fingerprint density at radius 3 is 2.33 bits per heavy atom. The zero-order valence-corrected chi connectivity index (χ0v) is 16.1. The normalized spacial score (nSPS) is 14.9. The maximum atomic E-state index is 12.5. The molecule has 1 aliphatic rings. The Bertz CT molecular complexity index is 807. The van der Waals surface area contributed by atoms with Crippen molar-refractivity contribution in [3.05, 3.63) is 53.1 Å². The van der Waals surface area contributed by atoms with Gasteiger partial charge in [0.25, 0.3) is 11.8 Å². The first kappa shape index (κ1) is 19.0. The van der Waals surface area contributed by atoms with Gasteiger partial charge in [-0.1, -0.05) is 18.2 Å². The van der Waals surface area contributed by atoms with Crippen molar-refractivity contribution in [2.75, 3.05) is 38.0 Å². The van der Waals surface area contributed by atoms with Crippen molar-refractivity contribution >= 4 is 17.5 Å². The summed E-state index contributed by atoms with van der Waals surface area (Å²) >= 11 is 0. The smallest absolute Gasteiger partial charge is 0.279 e. The summed E-state index contributed by atoms with van der Waals surface area (Å²) in [5, 5.41) is 3.03. The Kier molecular flexibility index (Phi) is 5.81. The highest BCUT2D eigenvalue weighted by Gasteiger charge is 2.26. The van der Waals surface area contributed by atoms with Crippen LogP contribution in [0.2, 0.25) is 0 Å². The Morgan fingerprint density at radius 2 is 1.74 bits per heavy atom. The third kappa shape index (κ3) is 4.68. The van der Waals surface area contributed by atoms with Crippen LogP contribution in [0.1, 0.15) is 27.3 Å². The number of hydrogen-bond donors (Lipinski definition) is 2. The zero-order chi connectivity index (χ0) is 19.4. The molecule has 0 bridgehead atoms. The molecule has 7 heteroatoms. The first-order valence-electron chi connectivity index (χ1n) is 9.21. The molecule has 1 saturated heterocycles. The summed E-state index contributed by atoms with van der Waals surface area (Å²) in [6, 6.07) is 5.97. The number of carbonyl (C=O) groups excluding carboxylic acids is 2. The molecule has 142 valence electrons. The molecule has 2 N–H and O–H groups in total. The Labute approximate surface area is 159 Å². The van der Waals surface area contributed by atoms with Crippen molar-refractivity contribution in [2.24, 2.45) is 0 Å². The molecule has 2 amide bonds. The minimum absolute atomic E-state index is 0.00609. The number of nitrogens with zero attached hydrogens (tertiary/aromatic N) is 3. The molecule has 0 atom stereocenters. The maximum Gasteiger partial charge on any atom is 0.279 e. The molecule has 2 heterocycles. The van der Waals surface area contributed by atoms with Crippen LogP contribution in [-0.2, 0) is 4.79 Å². The number of anilines is 1. The van der Waals surface area contributed by atoms with Crippen LogP contribution in [0.4, 0.5) is 5.69 Å². The van der Waals surface area contributed by atoms with Crippen LogP contribution in [0.15, 0.2) is 30.6 Å². The lowest BCUT2D eigenvalue weighted by Crippen LogP contribution is -3.15. The highest BCUT2D eigenvalue weighted by Crippen LogP contribution is 2.18. The Balaban J connectivity index is 1.51. The molecule has 1 aromatic carbocycles. The number of hydrogen-bond acceptors (Lipinski definition) is 4. The lowest BCUT2D eigenvalue weighted by atomic mass is 10.1. The number of rotatable bonds is 4. The molecule has 0 saturated carbocycles. The first-order valence-corrected chi connectivity index (χ1v) is 9.21. The molecule has 1 aromatic heterocycles. The molecule has 0 aliphatic carbocycles. The first-order chi connectivity index (χ1) is 12.9. The van der Waals surface area contributed by atoms with Gasteiger partial charge in [0.2, 0.25) is 0 Å². The minimum atomic E-state index is -0.0958. The number of para-hydroxylation sites is 1. The molecule has 27 heavy (non-hydrogen) atoms. The van der Waals surface area contributed by atoms with Crippen LogP contribution in [-0.4, -0.2) is 59.4 Å². The number of amides is 2. The van der Waals surface area contributed by atoms with Gasteiger partial charge >= 0.3 is 0 Å². The summed E-state index contributed by atoms with van der Waals surface area (Å²) in [6.07, 6.45) is 3.13. The maximum absolute atomic E-state index is 12.5. The van der Waals surface area contributed by atoms with Gasteiger partial charge in [0.15, 0.2) is 6.54 Å². The quantitative estimate of drug-likeness (QED) is 0.818. The monoisotopic (exact) mass is 368 g/mol. The summed E-state index contributed by atoms with van der Waals surface area (Å²) in [5.74, 6) is -0.0897. The third-order valence-corrected chi connectivity index (χ3v) is 4.91. The lowest BCUT2D eigenvalue weighted by molar-refractivity contribution is -0.895. The van der Waals surface area contributed by atoms with E-state index in [9.17, 15) is 9.59 Å². The number of benzene rings is 1. The lowest BCUT2D eigenvalue weighted by Gasteiger charge is -2.31. The molecule has 1 aliphatic heterocycles. The number of piperazine rings is 1. The van der Waals surface area contributed by atoms with Gasteiger partial charge < -0.3 is 15.1 Å². The Hall–Kier alpha value is -2.80. The standard InChI is InChI=1S/C20H25N5O2/c1-14-5-4-6-15(2)19(14)23-18(26)13-24-7-9-25(10-8-24)20(27)17-12-21-16(3)11-22-17/h4-6,11-12H,7-10,13H2,1-3H3,(H,23,26)/p+1. The van der Waals surface area contributed by atoms with E-state index in [-0.39, 0.29) is 11.8 Å². The Morgan fingerprint density at radius 1 is 1.07 bits per heavy atom. The minimum Gasteiger partial charge on any atom is -0.326 e. The highest BCUT2D eigenvalue weighted by atomic mass is 16.2. The van der Waals surface area contributed by atoms with E-state index in [0.717, 1.165) is 35.6 Å². The molecule has 0 radical (unpaired) electrons. The largest absolute Gasteiger partial charge is 0.326 e. The molecular formula is C20H26N5O2+. The highest BCUT2D eigenvalue weighted by molar-refractivity contribution is 5.93. The summed E-state index contributed by atoms with van der Waals surface area (Å²) in [4.78, 5) is 36.2. The summed E-state index contributed by atoms with van der Waals surface area (Å²) < 4.78 is 0. The number of aryl methyl sites for hydroxylation is 3. The average Bonchev–Trinajstić information content (AvgIpc) is 2.65. The predicted octanol–water partition coefficient (Wildman–Crippen LogP) is 0.381. The molecule has 7 nitrogen and oxygen atoms in total. The zero-order valence-electron chi connectivity index (χ0n) is 16.1. The van der Waals surface area contributed by atoms with Crippen LogP contribution >= 0.6 is 0 Å². The molecule has 0 spiro atoms. The topological polar surface area (TPSA) is 79.6 Å². The van der Waals surface area contributed by atoms with E-state index < -0.39 is 0 Å². The second-order valence-corrected chi connectivity index (χ2v) is 7.08. The SMILES string of the molecule is Cc1cnc(C(=O)N2CC[NH+](CC(=O)Nc3c(C)cccc3C)CC2)cn1. The van der Waals surface area contributed by atoms with Crippen molar-refractivity contribution in [2.45, 2.75) is 20.8 Å². The fourth-order valence-corrected chi connectivity index (χ4v) is 3.29. The second kappa shape index (κ2) is 8.26. The molecule has 3 rings (SSSR count).